The van der Waals surface area contributed by atoms with Gasteiger partial charge in [-0.05, 0) is 97.6 Å². The fraction of sp³-hybridized carbons (Fsp3) is 0.250. The van der Waals surface area contributed by atoms with Gasteiger partial charge in [-0.15, -0.1) is 0 Å². The van der Waals surface area contributed by atoms with Crippen LogP contribution in [0, 0.1) is 18.7 Å². The lowest BCUT2D eigenvalue weighted by Gasteiger charge is -2.28. The highest BCUT2D eigenvalue weighted by Crippen LogP contribution is 2.28. The number of aryl methyl sites for hydroxylation is 1. The molecule has 1 saturated heterocycles. The molecule has 0 N–H and O–H groups in total. The van der Waals surface area contributed by atoms with Gasteiger partial charge >= 0.3 is 0 Å². The van der Waals surface area contributed by atoms with Crippen LogP contribution < -0.4 is 9.64 Å². The summed E-state index contributed by atoms with van der Waals surface area (Å²) in [6.45, 7) is 6.97. The van der Waals surface area contributed by atoms with Gasteiger partial charge in [-0.2, -0.15) is 0 Å². The van der Waals surface area contributed by atoms with E-state index in [0.29, 0.717) is 10.9 Å². The van der Waals surface area contributed by atoms with Crippen LogP contribution in [0.1, 0.15) is 23.1 Å². The van der Waals surface area contributed by atoms with Crippen molar-refractivity contribution in [3.63, 3.8) is 0 Å². The highest BCUT2D eigenvalue weighted by molar-refractivity contribution is 6.30. The number of benzene rings is 4. The van der Waals surface area contributed by atoms with Crippen molar-refractivity contribution in [2.75, 3.05) is 24.5 Å². The van der Waals surface area contributed by atoms with Gasteiger partial charge in [-0.3, -0.25) is 4.90 Å². The SMILES string of the molecule is Cc1ccc(CN2CCC(CN(Cc3ccc(F)cc3)c3ccc(Oc4ccc(Cl)cc4)cc3)C2)cc1. The van der Waals surface area contributed by atoms with E-state index in [9.17, 15) is 4.39 Å². The molecule has 5 heteroatoms. The fourth-order valence-corrected chi connectivity index (χ4v) is 5.03. The molecule has 0 spiro atoms. The largest absolute Gasteiger partial charge is 0.457 e. The quantitative estimate of drug-likeness (QED) is 0.224. The number of hydrogen-bond acceptors (Lipinski definition) is 3. The Hall–Kier alpha value is -3.34. The number of hydrogen-bond donors (Lipinski definition) is 0. The maximum absolute atomic E-state index is 13.5. The molecule has 0 bridgehead atoms. The van der Waals surface area contributed by atoms with Gasteiger partial charge in [0.1, 0.15) is 17.3 Å². The van der Waals surface area contributed by atoms with E-state index in [-0.39, 0.29) is 5.82 Å². The molecule has 1 unspecified atom stereocenters. The Morgan fingerprint density at radius 1 is 0.838 bits per heavy atom. The lowest BCUT2D eigenvalue weighted by atomic mass is 10.1. The normalized spacial score (nSPS) is 15.6. The number of nitrogens with zero attached hydrogens (tertiary/aromatic N) is 2. The third-order valence-electron chi connectivity index (χ3n) is 6.91. The van der Waals surface area contributed by atoms with Crippen LogP contribution in [0.25, 0.3) is 0 Å². The van der Waals surface area contributed by atoms with Crippen LogP contribution >= 0.6 is 11.6 Å². The summed E-state index contributed by atoms with van der Waals surface area (Å²) in [5.74, 6) is 1.88. The summed E-state index contributed by atoms with van der Waals surface area (Å²) in [6.07, 6.45) is 1.17. The molecule has 4 aromatic carbocycles. The van der Waals surface area contributed by atoms with E-state index >= 15 is 0 Å². The van der Waals surface area contributed by atoms with Crippen molar-refractivity contribution >= 4 is 17.3 Å². The third kappa shape index (κ3) is 7.12. The molecule has 0 aromatic heterocycles. The minimum absolute atomic E-state index is 0.207. The molecule has 0 radical (unpaired) electrons. The molecule has 3 nitrogen and oxygen atoms in total. The molecule has 1 atom stereocenters. The van der Waals surface area contributed by atoms with Crippen LogP contribution in [0.2, 0.25) is 5.02 Å². The van der Waals surface area contributed by atoms with E-state index in [2.05, 4.69) is 53.1 Å². The zero-order chi connectivity index (χ0) is 25.6. The Morgan fingerprint density at radius 3 is 2.14 bits per heavy atom. The Morgan fingerprint density at radius 2 is 1.46 bits per heavy atom. The lowest BCUT2D eigenvalue weighted by Crippen LogP contribution is -2.31. The predicted molar refractivity (Wildman–Crippen MR) is 150 cm³/mol. The van der Waals surface area contributed by atoms with Crippen LogP contribution in [0.3, 0.4) is 0 Å². The average Bonchev–Trinajstić information content (AvgIpc) is 3.35. The first-order valence-electron chi connectivity index (χ1n) is 12.8. The van der Waals surface area contributed by atoms with Crippen LogP contribution in [-0.4, -0.2) is 24.5 Å². The number of rotatable bonds is 9. The zero-order valence-corrected chi connectivity index (χ0v) is 21.9. The summed E-state index contributed by atoms with van der Waals surface area (Å²) in [7, 11) is 0. The van der Waals surface area contributed by atoms with E-state index < -0.39 is 0 Å². The van der Waals surface area contributed by atoms with Crippen molar-refractivity contribution in [1.82, 2.24) is 4.90 Å². The molecule has 1 aliphatic rings. The summed E-state index contributed by atoms with van der Waals surface area (Å²) in [5.41, 5.74) is 4.89. The van der Waals surface area contributed by atoms with Crippen LogP contribution in [0.4, 0.5) is 10.1 Å². The second-order valence-corrected chi connectivity index (χ2v) is 10.4. The second-order valence-electron chi connectivity index (χ2n) is 9.93. The first-order chi connectivity index (χ1) is 18.0. The van der Waals surface area contributed by atoms with Gasteiger partial charge in [0, 0.05) is 36.9 Å². The molecule has 190 valence electrons. The Labute approximate surface area is 224 Å². The number of ether oxygens (including phenoxy) is 1. The second kappa shape index (κ2) is 11.8. The van der Waals surface area contributed by atoms with Crippen molar-refractivity contribution in [3.8, 4) is 11.5 Å². The lowest BCUT2D eigenvalue weighted by molar-refractivity contribution is 0.316. The number of halogens is 2. The molecule has 0 aliphatic carbocycles. The molecule has 37 heavy (non-hydrogen) atoms. The topological polar surface area (TPSA) is 15.7 Å². The van der Waals surface area contributed by atoms with E-state index in [1.165, 1.54) is 29.7 Å². The molecular formula is C32H32ClFN2O. The van der Waals surface area contributed by atoms with Gasteiger partial charge in [0.05, 0.1) is 0 Å². The van der Waals surface area contributed by atoms with Gasteiger partial charge < -0.3 is 9.64 Å². The van der Waals surface area contributed by atoms with Crippen molar-refractivity contribution < 1.29 is 9.13 Å². The highest BCUT2D eigenvalue weighted by atomic mass is 35.5. The Kier molecular flexibility index (Phi) is 8.08. The average molecular weight is 515 g/mol. The van der Waals surface area contributed by atoms with Crippen molar-refractivity contribution in [2.45, 2.75) is 26.4 Å². The van der Waals surface area contributed by atoms with Crippen LogP contribution in [0.15, 0.2) is 97.1 Å². The van der Waals surface area contributed by atoms with E-state index in [1.54, 1.807) is 0 Å². The summed E-state index contributed by atoms with van der Waals surface area (Å²) in [6, 6.07) is 31.2. The smallest absolute Gasteiger partial charge is 0.127 e. The van der Waals surface area contributed by atoms with Gasteiger partial charge in [0.2, 0.25) is 0 Å². The van der Waals surface area contributed by atoms with Gasteiger partial charge in [-0.1, -0.05) is 53.6 Å². The summed E-state index contributed by atoms with van der Waals surface area (Å²) < 4.78 is 19.5. The standard InChI is InChI=1S/C32H32ClFN2O/c1-24-2-4-25(5-3-24)20-35-19-18-27(21-35)23-36(22-26-6-10-29(34)11-7-26)30-12-16-32(17-13-30)37-31-14-8-28(33)9-15-31/h2-17,27H,18-23H2,1H3. The molecule has 1 fully saturated rings. The third-order valence-corrected chi connectivity index (χ3v) is 7.17. The minimum atomic E-state index is -0.207. The summed E-state index contributed by atoms with van der Waals surface area (Å²) in [5, 5.41) is 0.684. The van der Waals surface area contributed by atoms with E-state index in [4.69, 9.17) is 16.3 Å². The molecular weight excluding hydrogens is 483 g/mol. The first-order valence-corrected chi connectivity index (χ1v) is 13.2. The fourth-order valence-electron chi connectivity index (χ4n) is 4.90. The van der Waals surface area contributed by atoms with E-state index in [1.807, 2.05) is 48.5 Å². The Bertz CT molecular complexity index is 1270. The molecule has 1 heterocycles. The minimum Gasteiger partial charge on any atom is -0.457 e. The number of likely N-dealkylation sites (tertiary alicyclic amines) is 1. The number of anilines is 1. The maximum atomic E-state index is 13.5. The maximum Gasteiger partial charge on any atom is 0.127 e. The summed E-state index contributed by atoms with van der Waals surface area (Å²) in [4.78, 5) is 4.95. The first kappa shape index (κ1) is 25.3. The van der Waals surface area contributed by atoms with Crippen molar-refractivity contribution in [2.24, 2.45) is 5.92 Å². The highest BCUT2D eigenvalue weighted by Gasteiger charge is 2.25. The monoisotopic (exact) mass is 514 g/mol. The molecule has 4 aromatic rings. The van der Waals surface area contributed by atoms with Crippen molar-refractivity contribution in [1.29, 1.82) is 0 Å². The van der Waals surface area contributed by atoms with Crippen molar-refractivity contribution in [3.05, 3.63) is 125 Å². The Balaban J connectivity index is 1.27. The molecule has 5 rings (SSSR count). The molecule has 0 amide bonds. The van der Waals surface area contributed by atoms with Gasteiger partial charge in [0.15, 0.2) is 0 Å². The van der Waals surface area contributed by atoms with Crippen LogP contribution in [0.5, 0.6) is 11.5 Å². The summed E-state index contributed by atoms with van der Waals surface area (Å²) >= 11 is 5.99. The van der Waals surface area contributed by atoms with Crippen LogP contribution in [-0.2, 0) is 13.1 Å². The molecule has 1 aliphatic heterocycles. The molecule has 0 saturated carbocycles. The zero-order valence-electron chi connectivity index (χ0n) is 21.1. The van der Waals surface area contributed by atoms with E-state index in [0.717, 1.165) is 55.5 Å². The predicted octanol–water partition coefficient (Wildman–Crippen LogP) is 8.11. The van der Waals surface area contributed by atoms with Gasteiger partial charge in [0.25, 0.3) is 0 Å². The van der Waals surface area contributed by atoms with Gasteiger partial charge in [-0.25, -0.2) is 4.39 Å².